The Morgan fingerprint density at radius 1 is 1.15 bits per heavy atom. The van der Waals surface area contributed by atoms with E-state index in [0.29, 0.717) is 34.3 Å². The van der Waals surface area contributed by atoms with Crippen LogP contribution in [0.5, 0.6) is 5.75 Å². The zero-order chi connectivity index (χ0) is 19.1. The highest BCUT2D eigenvalue weighted by Gasteiger charge is 2.51. The summed E-state index contributed by atoms with van der Waals surface area (Å²) in [6.07, 6.45) is 2.26. The van der Waals surface area contributed by atoms with E-state index in [1.165, 1.54) is 25.3 Å². The second kappa shape index (κ2) is 6.48. The molecule has 1 aliphatic rings. The van der Waals surface area contributed by atoms with Crippen molar-refractivity contribution in [3.8, 4) is 17.0 Å². The van der Waals surface area contributed by atoms with Crippen LogP contribution in [0.15, 0.2) is 30.5 Å². The minimum atomic E-state index is -0.630. The van der Waals surface area contributed by atoms with Crippen molar-refractivity contribution in [1.82, 2.24) is 4.98 Å². The highest BCUT2D eigenvalue weighted by molar-refractivity contribution is 6.62. The Balaban J connectivity index is 2.03. The van der Waals surface area contributed by atoms with Crippen LogP contribution in [0.3, 0.4) is 0 Å². The molecule has 0 amide bonds. The molecule has 0 spiro atoms. The molecule has 0 saturated carbocycles. The number of benzene rings is 1. The van der Waals surface area contributed by atoms with Gasteiger partial charge in [0.05, 0.1) is 24.0 Å². The van der Waals surface area contributed by atoms with Gasteiger partial charge in [-0.2, -0.15) is 0 Å². The minimum absolute atomic E-state index is 0.307. The van der Waals surface area contributed by atoms with Gasteiger partial charge in [-0.3, -0.25) is 9.78 Å². The van der Waals surface area contributed by atoms with Crippen molar-refractivity contribution in [3.05, 3.63) is 41.8 Å². The van der Waals surface area contributed by atoms with Crippen molar-refractivity contribution in [2.45, 2.75) is 38.9 Å². The average molecular weight is 357 g/mol. The third kappa shape index (κ3) is 3.13. The fourth-order valence-electron chi connectivity index (χ4n) is 2.79. The molecule has 2 heterocycles. The molecular weight excluding hydrogens is 336 g/mol. The minimum Gasteiger partial charge on any atom is -0.496 e. The smallest absolute Gasteiger partial charge is 0.496 e. The van der Waals surface area contributed by atoms with E-state index in [-0.39, 0.29) is 0 Å². The van der Waals surface area contributed by atoms with Crippen LogP contribution < -0.4 is 10.2 Å². The summed E-state index contributed by atoms with van der Waals surface area (Å²) in [5.74, 6) is -0.000123. The maximum absolute atomic E-state index is 13.7. The molecule has 0 aliphatic carbocycles. The van der Waals surface area contributed by atoms with Gasteiger partial charge in [-0.15, -0.1) is 0 Å². The van der Waals surface area contributed by atoms with Crippen LogP contribution >= 0.6 is 0 Å². The van der Waals surface area contributed by atoms with Crippen molar-refractivity contribution >= 4 is 18.9 Å². The van der Waals surface area contributed by atoms with Crippen molar-refractivity contribution < 1.29 is 23.2 Å². The van der Waals surface area contributed by atoms with E-state index in [1.807, 2.05) is 27.7 Å². The SMILES string of the molecule is COc1ccc(F)cc1-c1ncc(B2OC(C)(C)C(C)(C)O2)cc1C=O. The van der Waals surface area contributed by atoms with E-state index in [4.69, 9.17) is 14.0 Å². The van der Waals surface area contributed by atoms with Gasteiger partial charge >= 0.3 is 7.12 Å². The van der Waals surface area contributed by atoms with Gasteiger partial charge in [0.1, 0.15) is 11.6 Å². The summed E-state index contributed by atoms with van der Waals surface area (Å²) < 4.78 is 30.9. The first-order valence-electron chi connectivity index (χ1n) is 8.33. The molecule has 7 heteroatoms. The van der Waals surface area contributed by atoms with Gasteiger partial charge in [-0.05, 0) is 52.0 Å². The first-order valence-corrected chi connectivity index (χ1v) is 8.33. The van der Waals surface area contributed by atoms with Crippen LogP contribution in [-0.4, -0.2) is 36.7 Å². The summed E-state index contributed by atoms with van der Waals surface area (Å²) in [6, 6.07) is 5.75. The highest BCUT2D eigenvalue weighted by atomic mass is 19.1. The van der Waals surface area contributed by atoms with Gasteiger partial charge in [0, 0.05) is 22.8 Å². The molecule has 1 fully saturated rings. The lowest BCUT2D eigenvalue weighted by Crippen LogP contribution is -2.41. The van der Waals surface area contributed by atoms with Crippen molar-refractivity contribution in [2.24, 2.45) is 0 Å². The Morgan fingerprint density at radius 2 is 1.81 bits per heavy atom. The van der Waals surface area contributed by atoms with Gasteiger partial charge in [-0.25, -0.2) is 4.39 Å². The van der Waals surface area contributed by atoms with Gasteiger partial charge in [0.2, 0.25) is 0 Å². The Bertz CT molecular complexity index is 837. The van der Waals surface area contributed by atoms with Gasteiger partial charge in [-0.1, -0.05) is 0 Å². The Kier molecular flexibility index (Phi) is 4.62. The molecule has 0 atom stereocenters. The van der Waals surface area contributed by atoms with Crippen LogP contribution in [0.2, 0.25) is 0 Å². The number of carbonyl (C=O) groups excluding carboxylic acids is 1. The van der Waals surface area contributed by atoms with Gasteiger partial charge < -0.3 is 14.0 Å². The van der Waals surface area contributed by atoms with Crippen LogP contribution in [0.1, 0.15) is 38.1 Å². The molecule has 3 rings (SSSR count). The molecule has 5 nitrogen and oxygen atoms in total. The topological polar surface area (TPSA) is 57.6 Å². The lowest BCUT2D eigenvalue weighted by Gasteiger charge is -2.32. The monoisotopic (exact) mass is 357 g/mol. The molecule has 0 unspecified atom stereocenters. The maximum Gasteiger partial charge on any atom is 0.496 e. The van der Waals surface area contributed by atoms with Crippen LogP contribution in [0.25, 0.3) is 11.3 Å². The van der Waals surface area contributed by atoms with E-state index in [0.717, 1.165) is 0 Å². The lowest BCUT2D eigenvalue weighted by molar-refractivity contribution is 0.00578. The Labute approximate surface area is 152 Å². The molecular formula is C19H21BFNO4. The number of hydrogen-bond donors (Lipinski definition) is 0. The number of aromatic nitrogens is 1. The maximum atomic E-state index is 13.7. The second-order valence-electron chi connectivity index (χ2n) is 7.26. The third-order valence-electron chi connectivity index (χ3n) is 5.01. The first kappa shape index (κ1) is 18.5. The highest BCUT2D eigenvalue weighted by Crippen LogP contribution is 2.37. The molecule has 1 aromatic carbocycles. The summed E-state index contributed by atoms with van der Waals surface area (Å²) in [5, 5.41) is 0. The molecule has 0 bridgehead atoms. The number of nitrogens with zero attached hydrogens (tertiary/aromatic N) is 1. The zero-order valence-corrected chi connectivity index (χ0v) is 15.5. The van der Waals surface area contributed by atoms with Crippen LogP contribution in [-0.2, 0) is 9.31 Å². The molecule has 26 heavy (non-hydrogen) atoms. The standard InChI is InChI=1S/C19H21BFNO4/c1-18(2)19(3,4)26-20(25-18)13-8-12(11-23)17(22-10-13)15-9-14(21)6-7-16(15)24-5/h6-11H,1-5H3. The van der Waals surface area contributed by atoms with Crippen LogP contribution in [0.4, 0.5) is 4.39 Å². The first-order chi connectivity index (χ1) is 12.2. The summed E-state index contributed by atoms with van der Waals surface area (Å²) >= 11 is 0. The normalized spacial score (nSPS) is 18.0. The molecule has 2 aromatic rings. The quantitative estimate of drug-likeness (QED) is 0.622. The molecule has 1 aliphatic heterocycles. The number of aldehydes is 1. The summed E-state index contributed by atoms with van der Waals surface area (Å²) in [4.78, 5) is 16.0. The lowest BCUT2D eigenvalue weighted by atomic mass is 9.79. The number of halogens is 1. The number of methoxy groups -OCH3 is 1. The van der Waals surface area contributed by atoms with E-state index in [2.05, 4.69) is 4.98 Å². The predicted octanol–water partition coefficient (Wildman–Crippen LogP) is 3.01. The fraction of sp³-hybridized carbons (Fsp3) is 0.368. The summed E-state index contributed by atoms with van der Waals surface area (Å²) in [6.45, 7) is 7.81. The Morgan fingerprint density at radius 3 is 2.38 bits per heavy atom. The zero-order valence-electron chi connectivity index (χ0n) is 15.5. The number of pyridine rings is 1. The Hall–Kier alpha value is -2.25. The molecule has 1 aromatic heterocycles. The second-order valence-corrected chi connectivity index (χ2v) is 7.26. The predicted molar refractivity (Wildman–Crippen MR) is 97.3 cm³/mol. The van der Waals surface area contributed by atoms with Crippen molar-refractivity contribution in [1.29, 1.82) is 0 Å². The van der Waals surface area contributed by atoms with Crippen molar-refractivity contribution in [2.75, 3.05) is 7.11 Å². The number of carbonyl (C=O) groups is 1. The number of hydrogen-bond acceptors (Lipinski definition) is 5. The van der Waals surface area contributed by atoms with Crippen molar-refractivity contribution in [3.63, 3.8) is 0 Å². The number of rotatable bonds is 4. The van der Waals surface area contributed by atoms with Crippen LogP contribution in [0, 0.1) is 5.82 Å². The third-order valence-corrected chi connectivity index (χ3v) is 5.01. The fourth-order valence-corrected chi connectivity index (χ4v) is 2.79. The molecule has 0 N–H and O–H groups in total. The number of ether oxygens (including phenoxy) is 1. The summed E-state index contributed by atoms with van der Waals surface area (Å²) in [5.41, 5.74) is 0.699. The van der Waals surface area contributed by atoms with Gasteiger partial charge in [0.15, 0.2) is 6.29 Å². The molecule has 1 saturated heterocycles. The largest absolute Gasteiger partial charge is 0.496 e. The van der Waals surface area contributed by atoms with E-state index >= 15 is 0 Å². The van der Waals surface area contributed by atoms with E-state index < -0.39 is 24.1 Å². The summed E-state index contributed by atoms with van der Waals surface area (Å²) in [7, 11) is 0.852. The van der Waals surface area contributed by atoms with E-state index in [1.54, 1.807) is 12.3 Å². The molecule has 136 valence electrons. The van der Waals surface area contributed by atoms with E-state index in [9.17, 15) is 9.18 Å². The average Bonchev–Trinajstić information content (AvgIpc) is 2.82. The van der Waals surface area contributed by atoms with Gasteiger partial charge in [0.25, 0.3) is 0 Å². The molecule has 0 radical (unpaired) electrons.